The predicted octanol–water partition coefficient (Wildman–Crippen LogP) is 4.27. The Morgan fingerprint density at radius 3 is 2.90 bits per heavy atom. The second kappa shape index (κ2) is 5.72. The zero-order chi connectivity index (χ0) is 14.1. The van der Waals surface area contributed by atoms with Crippen molar-refractivity contribution in [2.75, 3.05) is 5.88 Å². The van der Waals surface area contributed by atoms with Gasteiger partial charge in [0.1, 0.15) is 11.3 Å². The van der Waals surface area contributed by atoms with Gasteiger partial charge in [-0.2, -0.15) is 0 Å². The zero-order valence-corrected chi connectivity index (χ0v) is 13.0. The smallest absolute Gasteiger partial charge is 0.160 e. The van der Waals surface area contributed by atoms with E-state index in [9.17, 15) is 0 Å². The number of pyridine rings is 1. The molecule has 0 bridgehead atoms. The number of halogens is 1. The fraction of sp³-hybridized carbons (Fsp3) is 0.625. The van der Waals surface area contributed by atoms with E-state index in [0.717, 1.165) is 35.0 Å². The molecule has 0 aliphatic heterocycles. The Morgan fingerprint density at radius 2 is 2.15 bits per heavy atom. The summed E-state index contributed by atoms with van der Waals surface area (Å²) in [6.07, 6.45) is 5.94. The minimum absolute atomic E-state index is 0.538. The summed E-state index contributed by atoms with van der Waals surface area (Å²) in [5.74, 6) is 2.51. The van der Waals surface area contributed by atoms with Gasteiger partial charge in [0.15, 0.2) is 5.65 Å². The highest BCUT2D eigenvalue weighted by Gasteiger charge is 2.24. The molecule has 0 N–H and O–H groups in total. The van der Waals surface area contributed by atoms with Crippen molar-refractivity contribution in [2.45, 2.75) is 52.0 Å². The summed E-state index contributed by atoms with van der Waals surface area (Å²) >= 11 is 5.96. The lowest BCUT2D eigenvalue weighted by molar-refractivity contribution is 0.282. The first-order chi connectivity index (χ1) is 9.69. The molecule has 1 aliphatic carbocycles. The molecule has 1 aliphatic rings. The van der Waals surface area contributed by atoms with Crippen LogP contribution < -0.4 is 0 Å². The van der Waals surface area contributed by atoms with E-state index in [1.165, 1.54) is 25.7 Å². The summed E-state index contributed by atoms with van der Waals surface area (Å²) in [5.41, 5.74) is 3.11. The second-order valence-electron chi connectivity index (χ2n) is 6.06. The largest absolute Gasteiger partial charge is 0.310 e. The summed E-state index contributed by atoms with van der Waals surface area (Å²) < 4.78 is 2.38. The number of fused-ring (bicyclic) bond motifs is 1. The number of aromatic nitrogens is 3. The van der Waals surface area contributed by atoms with E-state index in [1.807, 2.05) is 13.0 Å². The molecule has 2 aromatic rings. The maximum absolute atomic E-state index is 5.96. The van der Waals surface area contributed by atoms with Crippen LogP contribution in [-0.4, -0.2) is 20.4 Å². The summed E-state index contributed by atoms with van der Waals surface area (Å²) in [7, 11) is 0. The molecule has 1 saturated carbocycles. The van der Waals surface area contributed by atoms with Gasteiger partial charge in [-0.25, -0.2) is 9.97 Å². The van der Waals surface area contributed by atoms with Crippen LogP contribution in [0.15, 0.2) is 12.1 Å². The first-order valence-electron chi connectivity index (χ1n) is 7.59. The third-order valence-electron chi connectivity index (χ3n) is 4.34. The molecule has 0 amide bonds. The lowest BCUT2D eigenvalue weighted by atomic mass is 9.87. The van der Waals surface area contributed by atoms with Crippen LogP contribution in [0, 0.1) is 12.8 Å². The standard InChI is InChI=1S/C16H22ClN3/c1-11-4-3-5-13(10-11)20-15(8-9-17)19-14-7-6-12(2)18-16(14)20/h6-7,11,13H,3-5,8-10H2,1-2H3. The average molecular weight is 292 g/mol. The second-order valence-corrected chi connectivity index (χ2v) is 6.44. The minimum atomic E-state index is 0.538. The van der Waals surface area contributed by atoms with Crippen molar-refractivity contribution in [3.8, 4) is 0 Å². The van der Waals surface area contributed by atoms with Crippen LogP contribution in [0.1, 0.15) is 50.2 Å². The SMILES string of the molecule is Cc1ccc2nc(CCCl)n(C3CCCC(C)C3)c2n1. The molecule has 4 heteroatoms. The highest BCUT2D eigenvalue weighted by Crippen LogP contribution is 2.35. The van der Waals surface area contributed by atoms with E-state index < -0.39 is 0 Å². The number of nitrogens with zero attached hydrogens (tertiary/aromatic N) is 3. The van der Waals surface area contributed by atoms with Gasteiger partial charge in [-0.05, 0) is 37.8 Å². The van der Waals surface area contributed by atoms with Gasteiger partial charge in [0.05, 0.1) is 0 Å². The van der Waals surface area contributed by atoms with E-state index in [1.54, 1.807) is 0 Å². The van der Waals surface area contributed by atoms with Crippen molar-refractivity contribution in [3.05, 3.63) is 23.7 Å². The molecule has 1 fully saturated rings. The van der Waals surface area contributed by atoms with Gasteiger partial charge in [-0.1, -0.05) is 19.8 Å². The van der Waals surface area contributed by atoms with E-state index in [4.69, 9.17) is 21.6 Å². The van der Waals surface area contributed by atoms with E-state index in [-0.39, 0.29) is 0 Å². The van der Waals surface area contributed by atoms with Crippen LogP contribution in [0.2, 0.25) is 0 Å². The average Bonchev–Trinajstić information content (AvgIpc) is 2.76. The molecule has 0 radical (unpaired) electrons. The number of aryl methyl sites for hydroxylation is 2. The fourth-order valence-corrected chi connectivity index (χ4v) is 3.57. The van der Waals surface area contributed by atoms with Crippen molar-refractivity contribution in [3.63, 3.8) is 0 Å². The van der Waals surface area contributed by atoms with Gasteiger partial charge in [0, 0.05) is 24.0 Å². The number of hydrogen-bond donors (Lipinski definition) is 0. The first-order valence-corrected chi connectivity index (χ1v) is 8.13. The number of rotatable bonds is 3. The van der Waals surface area contributed by atoms with Crippen molar-refractivity contribution >= 4 is 22.8 Å². The molecule has 2 atom stereocenters. The maximum atomic E-state index is 5.96. The van der Waals surface area contributed by atoms with Crippen LogP contribution >= 0.6 is 11.6 Å². The predicted molar refractivity (Wildman–Crippen MR) is 83.4 cm³/mol. The van der Waals surface area contributed by atoms with Crippen molar-refractivity contribution < 1.29 is 0 Å². The molecule has 2 unspecified atom stereocenters. The molecular weight excluding hydrogens is 270 g/mol. The molecule has 108 valence electrons. The topological polar surface area (TPSA) is 30.7 Å². The highest BCUT2D eigenvalue weighted by molar-refractivity contribution is 6.17. The van der Waals surface area contributed by atoms with Crippen molar-refractivity contribution in [1.29, 1.82) is 0 Å². The van der Waals surface area contributed by atoms with Crippen LogP contribution in [0.5, 0.6) is 0 Å². The first kappa shape index (κ1) is 13.9. The molecule has 2 heterocycles. The normalized spacial score (nSPS) is 23.4. The van der Waals surface area contributed by atoms with Gasteiger partial charge in [0.25, 0.3) is 0 Å². The number of hydrogen-bond acceptors (Lipinski definition) is 2. The summed E-state index contributed by atoms with van der Waals surface area (Å²) in [5, 5.41) is 0. The molecule has 3 rings (SSSR count). The fourth-order valence-electron chi connectivity index (χ4n) is 3.40. The van der Waals surface area contributed by atoms with Gasteiger partial charge < -0.3 is 4.57 Å². The van der Waals surface area contributed by atoms with Gasteiger partial charge in [0.2, 0.25) is 0 Å². The van der Waals surface area contributed by atoms with Gasteiger partial charge in [-0.3, -0.25) is 0 Å². The van der Waals surface area contributed by atoms with E-state index >= 15 is 0 Å². The third kappa shape index (κ3) is 2.56. The maximum Gasteiger partial charge on any atom is 0.160 e. The van der Waals surface area contributed by atoms with Crippen molar-refractivity contribution in [1.82, 2.24) is 14.5 Å². The third-order valence-corrected chi connectivity index (χ3v) is 4.53. The lowest BCUT2D eigenvalue weighted by Gasteiger charge is -2.29. The Balaban J connectivity index is 2.09. The van der Waals surface area contributed by atoms with Crippen LogP contribution in [-0.2, 0) is 6.42 Å². The molecule has 0 aromatic carbocycles. The Kier molecular flexibility index (Phi) is 3.97. The molecule has 0 spiro atoms. The van der Waals surface area contributed by atoms with Crippen LogP contribution in [0.4, 0.5) is 0 Å². The Bertz CT molecular complexity index is 605. The van der Waals surface area contributed by atoms with Gasteiger partial charge >= 0.3 is 0 Å². The van der Waals surface area contributed by atoms with E-state index in [0.29, 0.717) is 11.9 Å². The Hall–Kier alpha value is -1.09. The molecular formula is C16H22ClN3. The minimum Gasteiger partial charge on any atom is -0.310 e. The molecule has 2 aromatic heterocycles. The monoisotopic (exact) mass is 291 g/mol. The summed E-state index contributed by atoms with van der Waals surface area (Å²) in [6.45, 7) is 4.40. The molecule has 20 heavy (non-hydrogen) atoms. The number of imidazole rings is 1. The summed E-state index contributed by atoms with van der Waals surface area (Å²) in [4.78, 5) is 9.50. The highest BCUT2D eigenvalue weighted by atomic mass is 35.5. The van der Waals surface area contributed by atoms with Crippen LogP contribution in [0.25, 0.3) is 11.2 Å². The zero-order valence-electron chi connectivity index (χ0n) is 12.3. The Labute approximate surface area is 125 Å². The molecule has 0 saturated heterocycles. The van der Waals surface area contributed by atoms with Crippen LogP contribution in [0.3, 0.4) is 0 Å². The van der Waals surface area contributed by atoms with Gasteiger partial charge in [-0.15, -0.1) is 11.6 Å². The molecule has 3 nitrogen and oxygen atoms in total. The van der Waals surface area contributed by atoms with E-state index in [2.05, 4.69) is 17.6 Å². The summed E-state index contributed by atoms with van der Waals surface area (Å²) in [6, 6.07) is 4.66. The quantitative estimate of drug-likeness (QED) is 0.791. The number of alkyl halides is 1. The lowest BCUT2D eigenvalue weighted by Crippen LogP contribution is -2.20. The Morgan fingerprint density at radius 1 is 1.30 bits per heavy atom. The van der Waals surface area contributed by atoms with Crippen molar-refractivity contribution in [2.24, 2.45) is 5.92 Å².